The zero-order valence-corrected chi connectivity index (χ0v) is 11.5. The number of anilines is 1. The number of carbonyl (C=O) groups is 2. The summed E-state index contributed by atoms with van der Waals surface area (Å²) in [6, 6.07) is 5.18. The molecule has 1 aromatic rings. The fraction of sp³-hybridized carbons (Fsp3) is 0.467. The minimum atomic E-state index is -0.894. The average Bonchev–Trinajstić information content (AvgIpc) is 2.97. The van der Waals surface area contributed by atoms with Crippen LogP contribution in [0.15, 0.2) is 18.2 Å². The molecule has 1 heterocycles. The van der Waals surface area contributed by atoms with E-state index in [9.17, 15) is 9.59 Å². The number of ether oxygens (including phenoxy) is 2. The molecule has 0 saturated heterocycles. The van der Waals surface area contributed by atoms with Crippen LogP contribution in [0.4, 0.5) is 5.69 Å². The van der Waals surface area contributed by atoms with Crippen LogP contribution in [-0.4, -0.2) is 30.2 Å². The summed E-state index contributed by atoms with van der Waals surface area (Å²) in [4.78, 5) is 23.4. The molecule has 1 fully saturated rings. The molecule has 1 amide bonds. The molecule has 1 aromatic carbocycles. The van der Waals surface area contributed by atoms with Crippen LogP contribution in [0.5, 0.6) is 11.5 Å². The fourth-order valence-corrected chi connectivity index (χ4v) is 2.93. The second-order valence-electron chi connectivity index (χ2n) is 5.33. The lowest BCUT2D eigenvalue weighted by Crippen LogP contribution is -2.30. The SMILES string of the molecule is O=C(O)[C@H]1CCC[C@H]1C(=O)Nc1ccc2c(c1)OCCO2. The molecule has 0 radical (unpaired) electrons. The molecule has 6 heteroatoms. The molecule has 0 aromatic heterocycles. The smallest absolute Gasteiger partial charge is 0.307 e. The topological polar surface area (TPSA) is 84.9 Å². The van der Waals surface area contributed by atoms with Gasteiger partial charge in [0.15, 0.2) is 11.5 Å². The standard InChI is InChI=1S/C15H17NO5/c17-14(10-2-1-3-11(10)15(18)19)16-9-4-5-12-13(8-9)21-7-6-20-12/h4-5,8,10-11H,1-3,6-7H2,(H,16,17)(H,18,19)/t10-,11+/m1/s1. The number of carbonyl (C=O) groups excluding carboxylic acids is 1. The van der Waals surface area contributed by atoms with Gasteiger partial charge in [-0.2, -0.15) is 0 Å². The number of rotatable bonds is 3. The van der Waals surface area contributed by atoms with Crippen LogP contribution in [0.3, 0.4) is 0 Å². The predicted molar refractivity (Wildman–Crippen MR) is 74.5 cm³/mol. The maximum absolute atomic E-state index is 12.3. The Morgan fingerprint density at radius 1 is 1.10 bits per heavy atom. The highest BCUT2D eigenvalue weighted by Gasteiger charge is 2.37. The van der Waals surface area contributed by atoms with Crippen LogP contribution in [0.25, 0.3) is 0 Å². The lowest BCUT2D eigenvalue weighted by molar-refractivity contribution is -0.145. The minimum absolute atomic E-state index is 0.239. The van der Waals surface area contributed by atoms with Crippen molar-refractivity contribution in [3.8, 4) is 11.5 Å². The number of amides is 1. The number of hydrogen-bond donors (Lipinski definition) is 2. The Hall–Kier alpha value is -2.24. The number of benzene rings is 1. The largest absolute Gasteiger partial charge is 0.486 e. The monoisotopic (exact) mass is 291 g/mol. The lowest BCUT2D eigenvalue weighted by atomic mass is 9.95. The van der Waals surface area contributed by atoms with E-state index in [1.807, 2.05) is 0 Å². The van der Waals surface area contributed by atoms with E-state index in [2.05, 4.69) is 5.32 Å². The first-order chi connectivity index (χ1) is 10.1. The third-order valence-corrected chi connectivity index (χ3v) is 3.98. The van der Waals surface area contributed by atoms with Gasteiger partial charge in [0.1, 0.15) is 13.2 Å². The van der Waals surface area contributed by atoms with E-state index in [0.717, 1.165) is 6.42 Å². The third-order valence-electron chi connectivity index (χ3n) is 3.98. The van der Waals surface area contributed by atoms with E-state index in [0.29, 0.717) is 43.2 Å². The van der Waals surface area contributed by atoms with Crippen molar-refractivity contribution in [2.75, 3.05) is 18.5 Å². The van der Waals surface area contributed by atoms with Gasteiger partial charge in [0.25, 0.3) is 0 Å². The van der Waals surface area contributed by atoms with Gasteiger partial charge in [0.2, 0.25) is 5.91 Å². The number of fused-ring (bicyclic) bond motifs is 1. The van der Waals surface area contributed by atoms with Crippen LogP contribution < -0.4 is 14.8 Å². The van der Waals surface area contributed by atoms with Crippen molar-refractivity contribution in [3.63, 3.8) is 0 Å². The lowest BCUT2D eigenvalue weighted by Gasteiger charge is -2.20. The van der Waals surface area contributed by atoms with Gasteiger partial charge in [0.05, 0.1) is 11.8 Å². The first-order valence-corrected chi connectivity index (χ1v) is 7.08. The molecule has 0 unspecified atom stereocenters. The molecule has 3 rings (SSSR count). The Balaban J connectivity index is 1.71. The molecule has 1 aliphatic heterocycles. The summed E-state index contributed by atoms with van der Waals surface area (Å²) in [5.41, 5.74) is 0.597. The molecule has 0 bridgehead atoms. The van der Waals surface area contributed by atoms with E-state index in [4.69, 9.17) is 14.6 Å². The summed E-state index contributed by atoms with van der Waals surface area (Å²) in [5.74, 6) is -0.923. The van der Waals surface area contributed by atoms with Gasteiger partial charge in [0, 0.05) is 11.8 Å². The Bertz CT molecular complexity index is 571. The highest BCUT2D eigenvalue weighted by atomic mass is 16.6. The number of hydrogen-bond acceptors (Lipinski definition) is 4. The van der Waals surface area contributed by atoms with Crippen molar-refractivity contribution >= 4 is 17.6 Å². The van der Waals surface area contributed by atoms with Gasteiger partial charge in [-0.15, -0.1) is 0 Å². The molecule has 21 heavy (non-hydrogen) atoms. The summed E-state index contributed by atoms with van der Waals surface area (Å²) in [6.07, 6.45) is 1.96. The first-order valence-electron chi connectivity index (χ1n) is 7.08. The highest BCUT2D eigenvalue weighted by molar-refractivity contribution is 5.95. The van der Waals surface area contributed by atoms with Crippen molar-refractivity contribution in [2.24, 2.45) is 11.8 Å². The Labute approximate surface area is 122 Å². The zero-order valence-electron chi connectivity index (χ0n) is 11.5. The molecule has 0 spiro atoms. The summed E-state index contributed by atoms with van der Waals surface area (Å²) in [7, 11) is 0. The summed E-state index contributed by atoms with van der Waals surface area (Å²) < 4.78 is 10.9. The Morgan fingerprint density at radius 2 is 1.81 bits per heavy atom. The van der Waals surface area contributed by atoms with Gasteiger partial charge in [-0.05, 0) is 25.0 Å². The van der Waals surface area contributed by atoms with Crippen molar-refractivity contribution < 1.29 is 24.2 Å². The van der Waals surface area contributed by atoms with Gasteiger partial charge >= 0.3 is 5.97 Å². The average molecular weight is 291 g/mol. The van der Waals surface area contributed by atoms with E-state index < -0.39 is 17.8 Å². The molecule has 2 N–H and O–H groups in total. The minimum Gasteiger partial charge on any atom is -0.486 e. The molecular formula is C15H17NO5. The Kier molecular flexibility index (Phi) is 3.68. The number of carboxylic acids is 1. The summed E-state index contributed by atoms with van der Waals surface area (Å²) in [5, 5.41) is 11.9. The van der Waals surface area contributed by atoms with E-state index in [1.165, 1.54) is 0 Å². The molecule has 6 nitrogen and oxygen atoms in total. The second-order valence-corrected chi connectivity index (χ2v) is 5.33. The molecule has 2 aliphatic rings. The number of aliphatic carboxylic acids is 1. The van der Waals surface area contributed by atoms with Crippen LogP contribution in [0.1, 0.15) is 19.3 Å². The second kappa shape index (κ2) is 5.63. The number of nitrogens with one attached hydrogen (secondary N) is 1. The van der Waals surface area contributed by atoms with Crippen LogP contribution in [-0.2, 0) is 9.59 Å². The summed E-state index contributed by atoms with van der Waals surface area (Å²) >= 11 is 0. The zero-order chi connectivity index (χ0) is 14.8. The van der Waals surface area contributed by atoms with Gasteiger partial charge in [-0.25, -0.2) is 0 Å². The van der Waals surface area contributed by atoms with Gasteiger partial charge in [-0.1, -0.05) is 6.42 Å². The van der Waals surface area contributed by atoms with E-state index in [1.54, 1.807) is 18.2 Å². The third kappa shape index (κ3) is 2.79. The quantitative estimate of drug-likeness (QED) is 0.888. The normalized spacial score (nSPS) is 23.6. The molecule has 1 aliphatic carbocycles. The van der Waals surface area contributed by atoms with Gasteiger partial charge in [-0.3, -0.25) is 9.59 Å². The van der Waals surface area contributed by atoms with Crippen molar-refractivity contribution in [1.82, 2.24) is 0 Å². The maximum atomic E-state index is 12.3. The van der Waals surface area contributed by atoms with E-state index >= 15 is 0 Å². The van der Waals surface area contributed by atoms with Crippen molar-refractivity contribution in [1.29, 1.82) is 0 Å². The van der Waals surface area contributed by atoms with Crippen molar-refractivity contribution in [2.45, 2.75) is 19.3 Å². The number of carboxylic acid groups (broad SMARTS) is 1. The van der Waals surface area contributed by atoms with Gasteiger partial charge < -0.3 is 19.9 Å². The van der Waals surface area contributed by atoms with Crippen LogP contribution in [0.2, 0.25) is 0 Å². The fourth-order valence-electron chi connectivity index (χ4n) is 2.93. The molecule has 112 valence electrons. The summed E-state index contributed by atoms with van der Waals surface area (Å²) in [6.45, 7) is 0.995. The van der Waals surface area contributed by atoms with E-state index in [-0.39, 0.29) is 5.91 Å². The maximum Gasteiger partial charge on any atom is 0.307 e. The van der Waals surface area contributed by atoms with Crippen LogP contribution >= 0.6 is 0 Å². The molecular weight excluding hydrogens is 274 g/mol. The van der Waals surface area contributed by atoms with Crippen molar-refractivity contribution in [3.05, 3.63) is 18.2 Å². The molecule has 1 saturated carbocycles. The first kappa shape index (κ1) is 13.7. The molecule has 2 atom stereocenters. The van der Waals surface area contributed by atoms with Crippen LogP contribution in [0, 0.1) is 11.8 Å². The highest BCUT2D eigenvalue weighted by Crippen LogP contribution is 2.35. The predicted octanol–water partition coefficient (Wildman–Crippen LogP) is 1.90. The Morgan fingerprint density at radius 3 is 2.57 bits per heavy atom.